The number of aromatic hydroxyl groups is 1. The quantitative estimate of drug-likeness (QED) is 0.726. The second-order valence-electron chi connectivity index (χ2n) is 7.18. The number of benzene rings is 1. The Labute approximate surface area is 149 Å². The molecule has 0 spiro atoms. The summed E-state index contributed by atoms with van der Waals surface area (Å²) in [5.74, 6) is -0.652. The molecule has 3 aromatic rings. The van der Waals surface area contributed by atoms with Crippen LogP contribution in [0.5, 0.6) is 5.75 Å². The molecule has 0 bridgehead atoms. The first-order valence-corrected chi connectivity index (χ1v) is 8.23. The third kappa shape index (κ3) is 3.37. The summed E-state index contributed by atoms with van der Waals surface area (Å²) in [6.07, 6.45) is 0. The lowest BCUT2D eigenvalue weighted by atomic mass is 9.96. The van der Waals surface area contributed by atoms with E-state index in [1.54, 1.807) is 18.2 Å². The number of rotatable bonds is 2. The van der Waals surface area contributed by atoms with Crippen LogP contribution in [0.15, 0.2) is 41.2 Å². The Balaban J connectivity index is 2.36. The van der Waals surface area contributed by atoms with Gasteiger partial charge in [0.1, 0.15) is 17.2 Å². The van der Waals surface area contributed by atoms with Crippen LogP contribution >= 0.6 is 11.6 Å². The van der Waals surface area contributed by atoms with Crippen molar-refractivity contribution in [2.75, 3.05) is 0 Å². The summed E-state index contributed by atoms with van der Waals surface area (Å²) in [7, 11) is 0. The van der Waals surface area contributed by atoms with Crippen molar-refractivity contribution in [1.82, 2.24) is 9.55 Å². The fourth-order valence-electron chi connectivity index (χ4n) is 2.72. The number of hydrogen-bond donors (Lipinski definition) is 1. The number of pyridine rings is 2. The van der Waals surface area contributed by atoms with Crippen LogP contribution in [0.1, 0.15) is 20.8 Å². The molecule has 4 nitrogen and oxygen atoms in total. The van der Waals surface area contributed by atoms with Gasteiger partial charge in [0, 0.05) is 18.2 Å². The number of nitrogens with zero attached hydrogens (tertiary/aromatic N) is 2. The Morgan fingerprint density at radius 1 is 1.24 bits per heavy atom. The molecule has 0 aliphatic heterocycles. The van der Waals surface area contributed by atoms with Crippen molar-refractivity contribution in [3.63, 3.8) is 0 Å². The SMILES string of the molecule is CC(C)(C)Cn1c(=O)cc(O)c2cc(Cl)c(-c3ccccc3F)nc21. The van der Waals surface area contributed by atoms with E-state index in [4.69, 9.17) is 11.6 Å². The molecule has 2 heterocycles. The first-order valence-electron chi connectivity index (χ1n) is 7.85. The minimum Gasteiger partial charge on any atom is -0.507 e. The highest BCUT2D eigenvalue weighted by molar-refractivity contribution is 6.33. The number of halogens is 2. The van der Waals surface area contributed by atoms with Crippen LogP contribution in [0.3, 0.4) is 0 Å². The molecular weight excluding hydrogens is 343 g/mol. The maximum Gasteiger partial charge on any atom is 0.255 e. The van der Waals surface area contributed by atoms with E-state index in [-0.39, 0.29) is 38.7 Å². The van der Waals surface area contributed by atoms with Gasteiger partial charge in [-0.25, -0.2) is 9.37 Å². The molecule has 1 aromatic carbocycles. The molecule has 6 heteroatoms. The highest BCUT2D eigenvalue weighted by Crippen LogP contribution is 2.33. The molecular formula is C19H18ClFN2O2. The van der Waals surface area contributed by atoms with Crippen LogP contribution in [0.25, 0.3) is 22.3 Å². The van der Waals surface area contributed by atoms with Crippen LogP contribution in [0.2, 0.25) is 5.02 Å². The lowest BCUT2D eigenvalue weighted by molar-refractivity contribution is 0.342. The monoisotopic (exact) mass is 360 g/mol. The van der Waals surface area contributed by atoms with E-state index in [9.17, 15) is 14.3 Å². The Kier molecular flexibility index (Phi) is 4.29. The summed E-state index contributed by atoms with van der Waals surface area (Å²) in [6.45, 7) is 6.37. The van der Waals surface area contributed by atoms with Crippen LogP contribution in [0, 0.1) is 11.2 Å². The summed E-state index contributed by atoms with van der Waals surface area (Å²) >= 11 is 6.28. The van der Waals surface area contributed by atoms with Gasteiger partial charge in [-0.2, -0.15) is 0 Å². The van der Waals surface area contributed by atoms with E-state index in [0.717, 1.165) is 6.07 Å². The van der Waals surface area contributed by atoms with Crippen molar-refractivity contribution in [1.29, 1.82) is 0 Å². The fourth-order valence-corrected chi connectivity index (χ4v) is 2.97. The van der Waals surface area contributed by atoms with E-state index in [1.807, 2.05) is 20.8 Å². The molecule has 25 heavy (non-hydrogen) atoms. The summed E-state index contributed by atoms with van der Waals surface area (Å²) in [4.78, 5) is 16.8. The van der Waals surface area contributed by atoms with Gasteiger partial charge in [0.2, 0.25) is 0 Å². The zero-order chi connectivity index (χ0) is 18.4. The van der Waals surface area contributed by atoms with Gasteiger partial charge in [-0.3, -0.25) is 9.36 Å². The molecule has 2 aromatic heterocycles. The second kappa shape index (κ2) is 6.15. The van der Waals surface area contributed by atoms with Gasteiger partial charge >= 0.3 is 0 Å². The maximum atomic E-state index is 14.2. The Hall–Kier alpha value is -2.40. The maximum absolute atomic E-state index is 14.2. The minimum atomic E-state index is -0.457. The van der Waals surface area contributed by atoms with Crippen molar-refractivity contribution in [3.8, 4) is 17.0 Å². The van der Waals surface area contributed by atoms with Gasteiger partial charge in [-0.05, 0) is 23.6 Å². The smallest absolute Gasteiger partial charge is 0.255 e. The van der Waals surface area contributed by atoms with Gasteiger partial charge < -0.3 is 5.11 Å². The predicted molar refractivity (Wildman–Crippen MR) is 97.5 cm³/mol. The molecule has 3 rings (SSSR count). The minimum absolute atomic E-state index is 0.187. The molecule has 0 saturated heterocycles. The van der Waals surface area contributed by atoms with Crippen LogP contribution in [-0.4, -0.2) is 14.7 Å². The van der Waals surface area contributed by atoms with E-state index >= 15 is 0 Å². The third-order valence-electron chi connectivity index (χ3n) is 3.78. The van der Waals surface area contributed by atoms with Gasteiger partial charge in [0.05, 0.1) is 16.1 Å². The number of fused-ring (bicyclic) bond motifs is 1. The van der Waals surface area contributed by atoms with Crippen molar-refractivity contribution >= 4 is 22.6 Å². The molecule has 0 fully saturated rings. The third-order valence-corrected chi connectivity index (χ3v) is 4.06. The van der Waals surface area contributed by atoms with Gasteiger partial charge in [0.15, 0.2) is 0 Å². The molecule has 0 unspecified atom stereocenters. The lowest BCUT2D eigenvalue weighted by Crippen LogP contribution is -2.27. The number of hydrogen-bond acceptors (Lipinski definition) is 3. The topological polar surface area (TPSA) is 55.1 Å². The average molecular weight is 361 g/mol. The molecule has 0 saturated carbocycles. The van der Waals surface area contributed by atoms with E-state index in [0.29, 0.717) is 11.9 Å². The zero-order valence-electron chi connectivity index (χ0n) is 14.2. The van der Waals surface area contributed by atoms with Crippen LogP contribution in [0.4, 0.5) is 4.39 Å². The van der Waals surface area contributed by atoms with Gasteiger partial charge in [-0.1, -0.05) is 44.5 Å². The largest absolute Gasteiger partial charge is 0.507 e. The molecule has 0 aliphatic rings. The predicted octanol–water partition coefficient (Wildman–Crippen LogP) is 4.61. The lowest BCUT2D eigenvalue weighted by Gasteiger charge is -2.21. The summed E-state index contributed by atoms with van der Waals surface area (Å²) in [5, 5.41) is 10.7. The van der Waals surface area contributed by atoms with Crippen molar-refractivity contribution in [3.05, 3.63) is 57.6 Å². The first kappa shape index (κ1) is 17.4. The zero-order valence-corrected chi connectivity index (χ0v) is 14.9. The van der Waals surface area contributed by atoms with Crippen molar-refractivity contribution in [2.24, 2.45) is 5.41 Å². The summed E-state index contributed by atoms with van der Waals surface area (Å²) in [5.41, 5.74) is 0.206. The Morgan fingerprint density at radius 2 is 1.92 bits per heavy atom. The second-order valence-corrected chi connectivity index (χ2v) is 7.59. The van der Waals surface area contributed by atoms with E-state index < -0.39 is 5.82 Å². The molecule has 1 N–H and O–H groups in total. The van der Waals surface area contributed by atoms with Crippen molar-refractivity contribution in [2.45, 2.75) is 27.3 Å². The molecule has 0 amide bonds. The summed E-state index contributed by atoms with van der Waals surface area (Å²) in [6, 6.07) is 8.82. The molecule has 0 radical (unpaired) electrons. The normalized spacial score (nSPS) is 11.9. The number of aromatic nitrogens is 2. The first-order chi connectivity index (χ1) is 11.7. The van der Waals surface area contributed by atoms with Gasteiger partial charge in [-0.15, -0.1) is 0 Å². The highest BCUT2D eigenvalue weighted by Gasteiger charge is 2.19. The van der Waals surface area contributed by atoms with Crippen LogP contribution in [-0.2, 0) is 6.54 Å². The standard InChI is InChI=1S/C19H18ClFN2O2/c1-19(2,3)10-23-16(25)9-15(24)12-8-13(20)17(22-18(12)23)11-6-4-5-7-14(11)21/h4-9,24H,10H2,1-3H3. The van der Waals surface area contributed by atoms with Crippen molar-refractivity contribution < 1.29 is 9.50 Å². The molecule has 0 atom stereocenters. The van der Waals surface area contributed by atoms with Gasteiger partial charge in [0.25, 0.3) is 5.56 Å². The highest BCUT2D eigenvalue weighted by atomic mass is 35.5. The van der Waals surface area contributed by atoms with E-state index in [2.05, 4.69) is 4.98 Å². The Morgan fingerprint density at radius 3 is 2.56 bits per heavy atom. The van der Waals surface area contributed by atoms with E-state index in [1.165, 1.54) is 16.7 Å². The van der Waals surface area contributed by atoms with Crippen LogP contribution < -0.4 is 5.56 Å². The summed E-state index contributed by atoms with van der Waals surface area (Å²) < 4.78 is 15.7. The molecule has 130 valence electrons. The fraction of sp³-hybridized carbons (Fsp3) is 0.263. The Bertz CT molecular complexity index is 1020. The molecule has 0 aliphatic carbocycles. The average Bonchev–Trinajstić information content (AvgIpc) is 2.51.